The molecule has 1 unspecified atom stereocenters. The third-order valence-electron chi connectivity index (χ3n) is 4.00. The Bertz CT molecular complexity index is 641. The Morgan fingerprint density at radius 3 is 2.31 bits per heavy atom. The van der Waals surface area contributed by atoms with Gasteiger partial charge in [-0.3, -0.25) is 4.79 Å². The minimum absolute atomic E-state index is 0.0160. The summed E-state index contributed by atoms with van der Waals surface area (Å²) in [6, 6.07) is 5.30. The van der Waals surface area contributed by atoms with E-state index in [2.05, 4.69) is 4.74 Å². The molecule has 0 aliphatic carbocycles. The average molecular weight is 367 g/mol. The second-order valence-corrected chi connectivity index (χ2v) is 7.53. The first-order valence-electron chi connectivity index (χ1n) is 8.67. The second kappa shape index (κ2) is 8.98. The molecule has 0 bridgehead atoms. The highest BCUT2D eigenvalue weighted by molar-refractivity contribution is 5.95. The standard InChI is InChI=1S/C14H19FN2O.C5H11NO2/c1-10(16(2)3)11-6-7-13(12(15)9-11)17-8-4-5-14(17)18;1-5(2,3)8-4(6)7/h6-7,9-10H,4-5,8H2,1-3H3;1-3H3,(H2,6,7). The number of anilines is 1. The Balaban J connectivity index is 0.000000359. The van der Waals surface area contributed by atoms with Crippen LogP contribution in [0.25, 0.3) is 0 Å². The van der Waals surface area contributed by atoms with E-state index in [1.54, 1.807) is 31.7 Å². The molecule has 6 nitrogen and oxygen atoms in total. The van der Waals surface area contributed by atoms with Crippen LogP contribution in [0.5, 0.6) is 0 Å². The molecule has 1 heterocycles. The third-order valence-corrected chi connectivity index (χ3v) is 4.00. The molecule has 1 saturated heterocycles. The number of amides is 2. The van der Waals surface area contributed by atoms with E-state index in [4.69, 9.17) is 5.73 Å². The van der Waals surface area contributed by atoms with Gasteiger partial charge in [0.25, 0.3) is 0 Å². The molecule has 0 spiro atoms. The summed E-state index contributed by atoms with van der Waals surface area (Å²) in [5.74, 6) is -0.293. The van der Waals surface area contributed by atoms with Crippen LogP contribution < -0.4 is 10.6 Å². The normalized spacial score (nSPS) is 15.5. The molecule has 1 aromatic rings. The fraction of sp³-hybridized carbons (Fsp3) is 0.579. The minimum Gasteiger partial charge on any atom is -0.444 e. The van der Waals surface area contributed by atoms with Crippen molar-refractivity contribution in [2.24, 2.45) is 5.73 Å². The van der Waals surface area contributed by atoms with Gasteiger partial charge in [0, 0.05) is 19.0 Å². The molecule has 2 N–H and O–H groups in total. The van der Waals surface area contributed by atoms with Crippen LogP contribution in [0.1, 0.15) is 52.1 Å². The zero-order valence-corrected chi connectivity index (χ0v) is 16.5. The van der Waals surface area contributed by atoms with Crippen LogP contribution in [-0.4, -0.2) is 43.1 Å². The monoisotopic (exact) mass is 367 g/mol. The summed E-state index contributed by atoms with van der Waals surface area (Å²) in [7, 11) is 3.92. The van der Waals surface area contributed by atoms with Crippen molar-refractivity contribution in [2.75, 3.05) is 25.5 Å². The Labute approximate surface area is 155 Å². The van der Waals surface area contributed by atoms with Crippen molar-refractivity contribution in [1.82, 2.24) is 4.90 Å². The lowest BCUT2D eigenvalue weighted by molar-refractivity contribution is -0.117. The smallest absolute Gasteiger partial charge is 0.405 e. The second-order valence-electron chi connectivity index (χ2n) is 7.53. The van der Waals surface area contributed by atoms with Gasteiger partial charge in [-0.05, 0) is 65.9 Å². The molecular formula is C19H30FN3O3. The number of halogens is 1. The van der Waals surface area contributed by atoms with Gasteiger partial charge < -0.3 is 20.3 Å². The molecule has 146 valence electrons. The number of primary amides is 1. The van der Waals surface area contributed by atoms with Crippen molar-refractivity contribution in [3.63, 3.8) is 0 Å². The van der Waals surface area contributed by atoms with Crippen molar-refractivity contribution < 1.29 is 18.7 Å². The maximum atomic E-state index is 14.1. The Hall–Kier alpha value is -2.15. The lowest BCUT2D eigenvalue weighted by Crippen LogP contribution is -2.27. The highest BCUT2D eigenvalue weighted by Gasteiger charge is 2.24. The maximum absolute atomic E-state index is 14.1. The molecule has 0 radical (unpaired) electrons. The maximum Gasteiger partial charge on any atom is 0.405 e. The number of carbonyl (C=O) groups excluding carboxylic acids is 2. The van der Waals surface area contributed by atoms with Crippen molar-refractivity contribution in [3.05, 3.63) is 29.6 Å². The van der Waals surface area contributed by atoms with E-state index < -0.39 is 11.7 Å². The molecule has 1 aliphatic rings. The molecule has 7 heteroatoms. The molecule has 1 atom stereocenters. The minimum atomic E-state index is -0.725. The first kappa shape index (κ1) is 21.9. The number of hydrogen-bond donors (Lipinski definition) is 1. The summed E-state index contributed by atoms with van der Waals surface area (Å²) in [4.78, 5) is 25.2. The summed E-state index contributed by atoms with van der Waals surface area (Å²) < 4.78 is 18.7. The number of ether oxygens (including phenoxy) is 1. The fourth-order valence-corrected chi connectivity index (χ4v) is 2.50. The molecular weight excluding hydrogens is 337 g/mol. The molecule has 1 aliphatic heterocycles. The number of carbonyl (C=O) groups is 2. The van der Waals surface area contributed by atoms with E-state index >= 15 is 0 Å². The van der Waals surface area contributed by atoms with Crippen LogP contribution in [0.2, 0.25) is 0 Å². The number of benzene rings is 1. The zero-order valence-electron chi connectivity index (χ0n) is 16.5. The topological polar surface area (TPSA) is 75.9 Å². The number of nitrogens with zero attached hydrogens (tertiary/aromatic N) is 2. The predicted molar refractivity (Wildman–Crippen MR) is 101 cm³/mol. The molecule has 1 aromatic carbocycles. The van der Waals surface area contributed by atoms with Gasteiger partial charge in [-0.2, -0.15) is 0 Å². The highest BCUT2D eigenvalue weighted by atomic mass is 19.1. The largest absolute Gasteiger partial charge is 0.444 e. The molecule has 1 fully saturated rings. The van der Waals surface area contributed by atoms with Gasteiger partial charge in [0.1, 0.15) is 11.4 Å². The molecule has 2 amide bonds. The fourth-order valence-electron chi connectivity index (χ4n) is 2.50. The number of nitrogens with two attached hydrogens (primary N) is 1. The van der Waals surface area contributed by atoms with E-state index in [1.807, 2.05) is 32.0 Å². The number of hydrogen-bond acceptors (Lipinski definition) is 4. The quantitative estimate of drug-likeness (QED) is 0.888. The van der Waals surface area contributed by atoms with E-state index in [0.717, 1.165) is 12.0 Å². The van der Waals surface area contributed by atoms with Crippen molar-refractivity contribution in [3.8, 4) is 0 Å². The van der Waals surface area contributed by atoms with E-state index in [1.165, 1.54) is 6.07 Å². The zero-order chi connectivity index (χ0) is 20.1. The number of rotatable bonds is 3. The van der Waals surface area contributed by atoms with Gasteiger partial charge >= 0.3 is 6.09 Å². The lowest BCUT2D eigenvalue weighted by Gasteiger charge is -2.22. The van der Waals surface area contributed by atoms with Crippen LogP contribution in [0, 0.1) is 5.82 Å². The van der Waals surface area contributed by atoms with Gasteiger partial charge in [0.15, 0.2) is 0 Å². The van der Waals surface area contributed by atoms with Crippen LogP contribution in [-0.2, 0) is 9.53 Å². The molecule has 26 heavy (non-hydrogen) atoms. The predicted octanol–water partition coefficient (Wildman–Crippen LogP) is 3.46. The van der Waals surface area contributed by atoms with Gasteiger partial charge in [0.2, 0.25) is 5.91 Å². The summed E-state index contributed by atoms with van der Waals surface area (Å²) in [6.07, 6.45) is 0.612. The van der Waals surface area contributed by atoms with Gasteiger partial charge in [-0.25, -0.2) is 9.18 Å². The summed E-state index contributed by atoms with van der Waals surface area (Å²) >= 11 is 0. The third kappa shape index (κ3) is 6.63. The summed E-state index contributed by atoms with van der Waals surface area (Å²) in [6.45, 7) is 7.93. The van der Waals surface area contributed by atoms with Gasteiger partial charge in [0.05, 0.1) is 5.69 Å². The average Bonchev–Trinajstić information content (AvgIpc) is 2.90. The first-order valence-corrected chi connectivity index (χ1v) is 8.67. The highest BCUT2D eigenvalue weighted by Crippen LogP contribution is 2.28. The van der Waals surface area contributed by atoms with Gasteiger partial charge in [-0.1, -0.05) is 6.07 Å². The van der Waals surface area contributed by atoms with E-state index in [9.17, 15) is 14.0 Å². The molecule has 0 saturated carbocycles. The summed E-state index contributed by atoms with van der Waals surface area (Å²) in [5.41, 5.74) is 5.60. The summed E-state index contributed by atoms with van der Waals surface area (Å²) in [5, 5.41) is 0. The van der Waals surface area contributed by atoms with Crippen LogP contribution >= 0.6 is 0 Å². The van der Waals surface area contributed by atoms with Crippen molar-refractivity contribution >= 4 is 17.7 Å². The van der Waals surface area contributed by atoms with Crippen molar-refractivity contribution in [1.29, 1.82) is 0 Å². The molecule has 0 aromatic heterocycles. The van der Waals surface area contributed by atoms with E-state index in [-0.39, 0.29) is 17.8 Å². The first-order chi connectivity index (χ1) is 11.9. The van der Waals surface area contributed by atoms with Crippen LogP contribution in [0.4, 0.5) is 14.9 Å². The Morgan fingerprint density at radius 1 is 1.35 bits per heavy atom. The Morgan fingerprint density at radius 2 is 1.96 bits per heavy atom. The SMILES string of the molecule is CC(C)(C)OC(N)=O.CC(c1ccc(N2CCCC2=O)c(F)c1)N(C)C. The van der Waals surface area contributed by atoms with Crippen LogP contribution in [0.3, 0.4) is 0 Å². The van der Waals surface area contributed by atoms with E-state index in [0.29, 0.717) is 18.7 Å². The van der Waals surface area contributed by atoms with Gasteiger partial charge in [-0.15, -0.1) is 0 Å². The van der Waals surface area contributed by atoms with Crippen LogP contribution in [0.15, 0.2) is 18.2 Å². The Kier molecular flexibility index (Phi) is 7.56. The molecule has 2 rings (SSSR count). The lowest BCUT2D eigenvalue weighted by atomic mass is 10.1. The van der Waals surface area contributed by atoms with Crippen molar-refractivity contribution in [2.45, 2.75) is 52.2 Å².